The van der Waals surface area contributed by atoms with Crippen molar-refractivity contribution in [1.82, 2.24) is 9.55 Å². The van der Waals surface area contributed by atoms with E-state index in [1.807, 2.05) is 31.2 Å². The average molecular weight is 413 g/mol. The molecule has 1 aromatic carbocycles. The van der Waals surface area contributed by atoms with Crippen molar-refractivity contribution < 1.29 is 18.6 Å². The lowest BCUT2D eigenvalue weighted by Crippen LogP contribution is -2.23. The first-order valence-corrected chi connectivity index (χ1v) is 10.4. The second-order valence-corrected chi connectivity index (χ2v) is 7.40. The van der Waals surface area contributed by atoms with Crippen molar-refractivity contribution in [3.8, 4) is 11.5 Å². The van der Waals surface area contributed by atoms with Crippen LogP contribution in [0.15, 0.2) is 30.3 Å². The molecule has 0 amide bonds. The summed E-state index contributed by atoms with van der Waals surface area (Å²) in [4.78, 5) is 4.86. The molecule has 0 saturated carbocycles. The molecule has 2 heterocycles. The monoisotopic (exact) mass is 413 g/mol. The minimum Gasteiger partial charge on any atom is -0.493 e. The third-order valence-electron chi connectivity index (χ3n) is 5.57. The molecular formula is C23H28FN3O3. The Kier molecular flexibility index (Phi) is 6.08. The van der Waals surface area contributed by atoms with Gasteiger partial charge in [0.05, 0.1) is 26.4 Å². The van der Waals surface area contributed by atoms with Crippen LogP contribution in [0.3, 0.4) is 0 Å². The van der Waals surface area contributed by atoms with Crippen LogP contribution in [0.5, 0.6) is 11.5 Å². The van der Waals surface area contributed by atoms with Gasteiger partial charge in [-0.15, -0.1) is 0 Å². The fourth-order valence-corrected chi connectivity index (χ4v) is 4.19. The van der Waals surface area contributed by atoms with Crippen LogP contribution in [0.2, 0.25) is 0 Å². The third kappa shape index (κ3) is 3.94. The van der Waals surface area contributed by atoms with E-state index in [-0.39, 0.29) is 12.7 Å². The molecule has 0 bridgehead atoms. The fourth-order valence-electron chi connectivity index (χ4n) is 4.19. The minimum absolute atomic E-state index is 0.0768. The number of aryl methyl sites for hydroxylation is 1. The predicted molar refractivity (Wildman–Crippen MR) is 116 cm³/mol. The number of halogens is 1. The number of benzene rings is 1. The molecular weight excluding hydrogens is 385 g/mol. The highest BCUT2D eigenvalue weighted by Gasteiger charge is 2.25. The smallest absolute Gasteiger partial charge is 0.162 e. The number of aromatic nitrogens is 2. The summed E-state index contributed by atoms with van der Waals surface area (Å²) in [5.74, 6) is 2.15. The Morgan fingerprint density at radius 2 is 2.10 bits per heavy atom. The Labute approximate surface area is 176 Å². The van der Waals surface area contributed by atoms with Gasteiger partial charge in [-0.2, -0.15) is 0 Å². The van der Waals surface area contributed by atoms with Crippen molar-refractivity contribution in [2.24, 2.45) is 7.05 Å². The number of hydrogen-bond acceptors (Lipinski definition) is 5. The maximum atomic E-state index is 12.5. The zero-order valence-electron chi connectivity index (χ0n) is 17.7. The fraction of sp³-hybridized carbons (Fsp3) is 0.435. The number of pyridine rings is 1. The Balaban J connectivity index is 1.60. The number of anilines is 2. The standard InChI is InChI=1S/C23H28FN3O3/c1-4-29-20-9-5-15(13-21(20)28-3)25-22-10-7-17-18-14-16(30-12-11-24)6-8-19(18)27(2)23(17)26-22/h5,7,9-10,13,16H,4,6,8,11-12,14H2,1-3H3,(H,25,26). The van der Waals surface area contributed by atoms with Crippen LogP contribution in [0, 0.1) is 0 Å². The van der Waals surface area contributed by atoms with Crippen LogP contribution in [0.4, 0.5) is 15.9 Å². The van der Waals surface area contributed by atoms with Gasteiger partial charge in [0.25, 0.3) is 0 Å². The summed E-state index contributed by atoms with van der Waals surface area (Å²) in [6.07, 6.45) is 2.71. The number of rotatable bonds is 8. The normalized spacial score (nSPS) is 15.8. The van der Waals surface area contributed by atoms with Crippen molar-refractivity contribution in [3.05, 3.63) is 41.6 Å². The molecule has 0 fully saturated rings. The molecule has 1 aliphatic carbocycles. The van der Waals surface area contributed by atoms with Gasteiger partial charge in [0, 0.05) is 36.3 Å². The Morgan fingerprint density at radius 3 is 2.87 bits per heavy atom. The molecule has 160 valence electrons. The van der Waals surface area contributed by atoms with Crippen LogP contribution >= 0.6 is 0 Å². The van der Waals surface area contributed by atoms with Gasteiger partial charge >= 0.3 is 0 Å². The number of hydrogen-bond donors (Lipinski definition) is 1. The van der Waals surface area contributed by atoms with E-state index in [1.165, 1.54) is 11.3 Å². The summed E-state index contributed by atoms with van der Waals surface area (Å²) >= 11 is 0. The summed E-state index contributed by atoms with van der Waals surface area (Å²) in [5.41, 5.74) is 4.37. The second kappa shape index (κ2) is 8.92. The van der Waals surface area contributed by atoms with Crippen LogP contribution in [0.25, 0.3) is 11.0 Å². The van der Waals surface area contributed by atoms with Gasteiger partial charge < -0.3 is 24.1 Å². The van der Waals surface area contributed by atoms with Gasteiger partial charge in [0.2, 0.25) is 0 Å². The van der Waals surface area contributed by atoms with Gasteiger partial charge in [0.1, 0.15) is 18.1 Å². The van der Waals surface area contributed by atoms with E-state index in [9.17, 15) is 4.39 Å². The predicted octanol–water partition coefficient (Wildman–Crippen LogP) is 4.57. The molecule has 0 saturated heterocycles. The van der Waals surface area contributed by atoms with Crippen molar-refractivity contribution in [1.29, 1.82) is 0 Å². The summed E-state index contributed by atoms with van der Waals surface area (Å²) in [5, 5.41) is 4.49. The zero-order chi connectivity index (χ0) is 21.1. The van der Waals surface area contributed by atoms with Gasteiger partial charge in [-0.05, 0) is 49.6 Å². The van der Waals surface area contributed by atoms with E-state index in [0.29, 0.717) is 18.1 Å². The maximum Gasteiger partial charge on any atom is 0.162 e. The van der Waals surface area contributed by atoms with Crippen LogP contribution < -0.4 is 14.8 Å². The van der Waals surface area contributed by atoms with Gasteiger partial charge in [-0.25, -0.2) is 9.37 Å². The van der Waals surface area contributed by atoms with E-state index in [2.05, 4.69) is 23.0 Å². The van der Waals surface area contributed by atoms with Crippen LogP contribution in [-0.2, 0) is 24.6 Å². The molecule has 0 aliphatic heterocycles. The van der Waals surface area contributed by atoms with Crippen LogP contribution in [-0.4, -0.2) is 42.7 Å². The van der Waals surface area contributed by atoms with E-state index < -0.39 is 6.67 Å². The Bertz CT molecular complexity index is 1030. The van der Waals surface area contributed by atoms with Gasteiger partial charge in [0.15, 0.2) is 11.5 Å². The number of fused-ring (bicyclic) bond motifs is 3. The largest absolute Gasteiger partial charge is 0.493 e. The maximum absolute atomic E-state index is 12.5. The molecule has 7 heteroatoms. The van der Waals surface area contributed by atoms with Crippen molar-refractivity contribution in [3.63, 3.8) is 0 Å². The highest BCUT2D eigenvalue weighted by Crippen LogP contribution is 2.34. The molecule has 0 spiro atoms. The second-order valence-electron chi connectivity index (χ2n) is 7.40. The van der Waals surface area contributed by atoms with E-state index >= 15 is 0 Å². The molecule has 1 unspecified atom stereocenters. The Morgan fingerprint density at radius 1 is 1.23 bits per heavy atom. The first-order chi connectivity index (χ1) is 14.6. The topological polar surface area (TPSA) is 57.5 Å². The lowest BCUT2D eigenvalue weighted by atomic mass is 9.93. The lowest BCUT2D eigenvalue weighted by molar-refractivity contribution is 0.0358. The quantitative estimate of drug-likeness (QED) is 0.586. The number of methoxy groups -OCH3 is 1. The highest BCUT2D eigenvalue weighted by molar-refractivity contribution is 5.84. The average Bonchev–Trinajstić information content (AvgIpc) is 3.04. The van der Waals surface area contributed by atoms with Gasteiger partial charge in [-0.3, -0.25) is 0 Å². The minimum atomic E-state index is -0.439. The molecule has 1 aliphatic rings. The number of ether oxygens (including phenoxy) is 3. The molecule has 1 N–H and O–H groups in total. The SMILES string of the molecule is CCOc1ccc(Nc2ccc3c4c(n(C)c3n2)CCC(OCCF)C4)cc1OC. The molecule has 4 rings (SSSR count). The van der Waals surface area contributed by atoms with Crippen molar-refractivity contribution in [2.75, 3.05) is 32.3 Å². The first-order valence-electron chi connectivity index (χ1n) is 10.4. The lowest BCUT2D eigenvalue weighted by Gasteiger charge is -2.23. The van der Waals surface area contributed by atoms with Crippen LogP contribution in [0.1, 0.15) is 24.6 Å². The molecule has 0 radical (unpaired) electrons. The molecule has 3 aromatic rings. The Hall–Kier alpha value is -2.80. The number of nitrogens with zero attached hydrogens (tertiary/aromatic N) is 2. The number of nitrogens with one attached hydrogen (secondary N) is 1. The van der Waals surface area contributed by atoms with E-state index in [4.69, 9.17) is 19.2 Å². The number of alkyl halides is 1. The summed E-state index contributed by atoms with van der Waals surface area (Å²) in [6, 6.07) is 9.83. The van der Waals surface area contributed by atoms with Crippen molar-refractivity contribution in [2.45, 2.75) is 32.3 Å². The summed E-state index contributed by atoms with van der Waals surface area (Å²) in [7, 11) is 3.69. The molecule has 1 atom stereocenters. The summed E-state index contributed by atoms with van der Waals surface area (Å²) in [6.45, 7) is 2.26. The van der Waals surface area contributed by atoms with E-state index in [0.717, 1.165) is 41.8 Å². The molecule has 2 aromatic heterocycles. The summed E-state index contributed by atoms with van der Waals surface area (Å²) < 4.78 is 31.3. The molecule has 30 heavy (non-hydrogen) atoms. The first kappa shape index (κ1) is 20.5. The van der Waals surface area contributed by atoms with Gasteiger partial charge in [-0.1, -0.05) is 0 Å². The van der Waals surface area contributed by atoms with E-state index in [1.54, 1.807) is 7.11 Å². The third-order valence-corrected chi connectivity index (χ3v) is 5.57. The zero-order valence-corrected chi connectivity index (χ0v) is 17.7. The molecule has 6 nitrogen and oxygen atoms in total. The van der Waals surface area contributed by atoms with Crippen molar-refractivity contribution >= 4 is 22.5 Å². The highest BCUT2D eigenvalue weighted by atomic mass is 19.1.